The van der Waals surface area contributed by atoms with Crippen molar-refractivity contribution in [1.82, 2.24) is 9.80 Å². The molecule has 1 aromatic carbocycles. The van der Waals surface area contributed by atoms with Crippen molar-refractivity contribution in [3.05, 3.63) is 35.4 Å². The largest absolute Gasteiger partial charge is 0.381 e. The smallest absolute Gasteiger partial charge is 0.249 e. The summed E-state index contributed by atoms with van der Waals surface area (Å²) < 4.78 is 11.3. The molecule has 0 radical (unpaired) electrons. The molecule has 0 saturated carbocycles. The predicted octanol–water partition coefficient (Wildman–Crippen LogP) is 1.59. The van der Waals surface area contributed by atoms with Crippen LogP contribution in [0, 0.1) is 6.92 Å². The molecular weight excluding hydrogens is 304 g/mol. The third-order valence-electron chi connectivity index (χ3n) is 5.55. The van der Waals surface area contributed by atoms with E-state index in [1.807, 2.05) is 4.90 Å². The average molecular weight is 330 g/mol. The Balaban J connectivity index is 1.48. The molecule has 5 heteroatoms. The second-order valence-corrected chi connectivity index (χ2v) is 7.22. The van der Waals surface area contributed by atoms with E-state index in [4.69, 9.17) is 9.47 Å². The molecule has 0 aromatic heterocycles. The first-order valence-corrected chi connectivity index (χ1v) is 8.99. The van der Waals surface area contributed by atoms with Gasteiger partial charge in [0, 0.05) is 38.9 Å². The van der Waals surface area contributed by atoms with E-state index in [0.29, 0.717) is 12.6 Å². The minimum Gasteiger partial charge on any atom is -0.381 e. The number of benzene rings is 1. The van der Waals surface area contributed by atoms with E-state index in [1.165, 1.54) is 11.1 Å². The highest BCUT2D eigenvalue weighted by Gasteiger charge is 2.44. The van der Waals surface area contributed by atoms with E-state index in [9.17, 15) is 4.79 Å². The molecule has 3 aliphatic rings. The number of aryl methyl sites for hydroxylation is 1. The average Bonchev–Trinajstić information content (AvgIpc) is 3.03. The van der Waals surface area contributed by atoms with Crippen molar-refractivity contribution >= 4 is 5.91 Å². The lowest BCUT2D eigenvalue weighted by molar-refractivity contribution is -0.153. The van der Waals surface area contributed by atoms with Gasteiger partial charge in [-0.05, 0) is 25.3 Å². The van der Waals surface area contributed by atoms with Gasteiger partial charge in [-0.1, -0.05) is 29.8 Å². The van der Waals surface area contributed by atoms with Gasteiger partial charge in [0.15, 0.2) is 0 Å². The van der Waals surface area contributed by atoms with Crippen LogP contribution >= 0.6 is 0 Å². The highest BCUT2D eigenvalue weighted by atomic mass is 16.5. The molecule has 1 aromatic rings. The zero-order valence-corrected chi connectivity index (χ0v) is 14.3. The zero-order valence-electron chi connectivity index (χ0n) is 14.3. The maximum Gasteiger partial charge on any atom is 0.249 e. The van der Waals surface area contributed by atoms with Gasteiger partial charge >= 0.3 is 0 Å². The number of carbonyl (C=O) groups is 1. The molecule has 3 fully saturated rings. The maximum absolute atomic E-state index is 12.5. The molecule has 0 aliphatic carbocycles. The number of rotatable bonds is 3. The van der Waals surface area contributed by atoms with Gasteiger partial charge in [-0.2, -0.15) is 0 Å². The lowest BCUT2D eigenvalue weighted by atomic mass is 10.1. The summed E-state index contributed by atoms with van der Waals surface area (Å²) in [6.45, 7) is 6.56. The molecule has 3 aliphatic heterocycles. The van der Waals surface area contributed by atoms with E-state index in [0.717, 1.165) is 39.1 Å². The van der Waals surface area contributed by atoms with Crippen LogP contribution in [0.4, 0.5) is 0 Å². The molecule has 0 unspecified atom stereocenters. The normalized spacial score (nSPS) is 29.0. The summed E-state index contributed by atoms with van der Waals surface area (Å²) in [5.41, 5.74) is 2.44. The molecule has 3 saturated heterocycles. The predicted molar refractivity (Wildman–Crippen MR) is 90.7 cm³/mol. The summed E-state index contributed by atoms with van der Waals surface area (Å²) in [5, 5.41) is 0. The minimum atomic E-state index is 0.117. The van der Waals surface area contributed by atoms with Gasteiger partial charge < -0.3 is 14.4 Å². The summed E-state index contributed by atoms with van der Waals surface area (Å²) in [5.74, 6) is 0.117. The molecule has 3 heterocycles. The molecule has 0 N–H and O–H groups in total. The van der Waals surface area contributed by atoms with Gasteiger partial charge in [0.2, 0.25) is 5.91 Å². The molecule has 1 amide bonds. The number of hydrogen-bond donors (Lipinski definition) is 0. The quantitative estimate of drug-likeness (QED) is 0.844. The number of fused-ring (bicyclic) bond motifs is 1. The second kappa shape index (κ2) is 6.82. The molecular formula is C19H26N2O3. The Morgan fingerprint density at radius 3 is 2.83 bits per heavy atom. The number of morpholine rings is 1. The van der Waals surface area contributed by atoms with Crippen LogP contribution in [0.2, 0.25) is 0 Å². The molecule has 5 nitrogen and oxygen atoms in total. The van der Waals surface area contributed by atoms with Crippen molar-refractivity contribution in [2.75, 3.05) is 32.9 Å². The standard InChI is InChI=1S/C19H26N2O3/c1-14-3-2-4-15(9-14)10-21-17-11-20(16-5-7-23-8-6-16)12-18(17)24-13-19(21)22/h2-4,9,16-18H,5-8,10-13H2,1H3/t17-,18-/m1/s1. The Bertz CT molecular complexity index is 600. The topological polar surface area (TPSA) is 42.0 Å². The Kier molecular flexibility index (Phi) is 4.57. The van der Waals surface area contributed by atoms with Crippen molar-refractivity contribution in [1.29, 1.82) is 0 Å². The van der Waals surface area contributed by atoms with Gasteiger partial charge in [0.1, 0.15) is 6.61 Å². The Morgan fingerprint density at radius 1 is 1.21 bits per heavy atom. The summed E-state index contributed by atoms with van der Waals surface area (Å²) in [6, 6.07) is 9.18. The molecule has 0 spiro atoms. The summed E-state index contributed by atoms with van der Waals surface area (Å²) in [7, 11) is 0. The van der Waals surface area contributed by atoms with Crippen molar-refractivity contribution in [3.8, 4) is 0 Å². The number of nitrogens with zero attached hydrogens (tertiary/aromatic N) is 2. The second-order valence-electron chi connectivity index (χ2n) is 7.22. The van der Waals surface area contributed by atoms with Crippen LogP contribution in [0.1, 0.15) is 24.0 Å². The monoisotopic (exact) mass is 330 g/mol. The Hall–Kier alpha value is -1.43. The van der Waals surface area contributed by atoms with Crippen molar-refractivity contribution in [2.24, 2.45) is 0 Å². The van der Waals surface area contributed by atoms with Gasteiger partial charge in [0.25, 0.3) is 0 Å². The third kappa shape index (κ3) is 3.21. The van der Waals surface area contributed by atoms with Crippen molar-refractivity contribution in [2.45, 2.75) is 44.5 Å². The number of carbonyl (C=O) groups excluding carboxylic acids is 1. The highest BCUT2D eigenvalue weighted by Crippen LogP contribution is 2.29. The van der Waals surface area contributed by atoms with Crippen LogP contribution in [0.15, 0.2) is 24.3 Å². The molecule has 130 valence electrons. The SMILES string of the molecule is Cc1cccc(CN2C(=O)CO[C@@H]3CN(C4CCOCC4)C[C@H]32)c1. The zero-order chi connectivity index (χ0) is 16.5. The number of hydrogen-bond acceptors (Lipinski definition) is 4. The fraction of sp³-hybridized carbons (Fsp3) is 0.632. The van der Waals surface area contributed by atoms with E-state index in [1.54, 1.807) is 0 Å². The molecule has 0 bridgehead atoms. The van der Waals surface area contributed by atoms with Crippen molar-refractivity contribution < 1.29 is 14.3 Å². The molecule has 24 heavy (non-hydrogen) atoms. The van der Waals surface area contributed by atoms with Crippen LogP contribution in [0.25, 0.3) is 0 Å². The first kappa shape index (κ1) is 16.1. The van der Waals surface area contributed by atoms with Crippen LogP contribution in [0.5, 0.6) is 0 Å². The maximum atomic E-state index is 12.5. The summed E-state index contributed by atoms with van der Waals surface area (Å²) in [4.78, 5) is 17.0. The van der Waals surface area contributed by atoms with Gasteiger partial charge in [0.05, 0.1) is 12.1 Å². The highest BCUT2D eigenvalue weighted by molar-refractivity contribution is 5.78. The van der Waals surface area contributed by atoms with E-state index in [2.05, 4.69) is 36.1 Å². The van der Waals surface area contributed by atoms with Gasteiger partial charge in [-0.3, -0.25) is 9.69 Å². The van der Waals surface area contributed by atoms with Crippen LogP contribution in [-0.2, 0) is 20.8 Å². The summed E-state index contributed by atoms with van der Waals surface area (Å²) in [6.07, 6.45) is 2.33. The first-order chi connectivity index (χ1) is 11.7. The number of ether oxygens (including phenoxy) is 2. The first-order valence-electron chi connectivity index (χ1n) is 8.99. The lowest BCUT2D eigenvalue weighted by Gasteiger charge is -2.37. The Labute approximate surface area is 143 Å². The third-order valence-corrected chi connectivity index (χ3v) is 5.55. The number of likely N-dealkylation sites (tertiary alicyclic amines) is 1. The van der Waals surface area contributed by atoms with E-state index >= 15 is 0 Å². The van der Waals surface area contributed by atoms with Crippen molar-refractivity contribution in [3.63, 3.8) is 0 Å². The van der Waals surface area contributed by atoms with Gasteiger partial charge in [-0.15, -0.1) is 0 Å². The fourth-order valence-corrected chi connectivity index (χ4v) is 4.26. The lowest BCUT2D eigenvalue weighted by Crippen LogP contribution is -2.53. The van der Waals surface area contributed by atoms with E-state index in [-0.39, 0.29) is 24.7 Å². The molecule has 4 rings (SSSR count). The Morgan fingerprint density at radius 2 is 2.04 bits per heavy atom. The fourth-order valence-electron chi connectivity index (χ4n) is 4.26. The molecule has 2 atom stereocenters. The van der Waals surface area contributed by atoms with E-state index < -0.39 is 0 Å². The minimum absolute atomic E-state index is 0.117. The van der Waals surface area contributed by atoms with Crippen LogP contribution in [0.3, 0.4) is 0 Å². The summed E-state index contributed by atoms with van der Waals surface area (Å²) >= 11 is 0. The van der Waals surface area contributed by atoms with Gasteiger partial charge in [-0.25, -0.2) is 0 Å². The van der Waals surface area contributed by atoms with Crippen LogP contribution in [-0.4, -0.2) is 66.8 Å². The van der Waals surface area contributed by atoms with Crippen LogP contribution < -0.4 is 0 Å². The number of amides is 1.